The number of hydrogen-bond donors (Lipinski definition) is 3. The molecule has 1 heterocycles. The van der Waals surface area contributed by atoms with Gasteiger partial charge >= 0.3 is 0 Å². The van der Waals surface area contributed by atoms with Crippen molar-refractivity contribution in [3.05, 3.63) is 59.2 Å². The van der Waals surface area contributed by atoms with Gasteiger partial charge in [-0.2, -0.15) is 4.98 Å². The molecule has 0 spiro atoms. The van der Waals surface area contributed by atoms with Crippen molar-refractivity contribution in [2.45, 2.75) is 11.8 Å². The molecule has 1 amide bonds. The number of rotatable bonds is 7. The summed E-state index contributed by atoms with van der Waals surface area (Å²) in [6, 6.07) is 10.2. The third-order valence-electron chi connectivity index (χ3n) is 3.99. The van der Waals surface area contributed by atoms with E-state index in [1.165, 1.54) is 22.9 Å². The molecule has 0 aliphatic heterocycles. The fourth-order valence-electron chi connectivity index (χ4n) is 2.59. The summed E-state index contributed by atoms with van der Waals surface area (Å²) < 4.78 is 34.8. The second kappa shape index (κ2) is 8.64. The molecule has 0 aliphatic carbocycles. The third-order valence-corrected chi connectivity index (χ3v) is 5.85. The Morgan fingerprint density at radius 3 is 2.53 bits per heavy atom. The molecule has 0 unspecified atom stereocenters. The van der Waals surface area contributed by atoms with Gasteiger partial charge in [-0.3, -0.25) is 14.8 Å². The van der Waals surface area contributed by atoms with Crippen LogP contribution >= 0.6 is 11.6 Å². The number of nitrogens with one attached hydrogen (secondary N) is 2. The summed E-state index contributed by atoms with van der Waals surface area (Å²) in [6.07, 6.45) is 1.31. The van der Waals surface area contributed by atoms with Crippen LogP contribution in [0.4, 0.5) is 11.6 Å². The molecule has 2 aromatic carbocycles. The Kier molecular flexibility index (Phi) is 6.18. The van der Waals surface area contributed by atoms with Crippen LogP contribution in [0.5, 0.6) is 11.6 Å². The van der Waals surface area contributed by atoms with Crippen molar-refractivity contribution >= 4 is 39.2 Å². The SMILES string of the molecule is CCOc1ccc(NS(=O)(=O)c2cc(C(=O)Nc3nc(O)cn3C)ccc2Cl)cc1. The van der Waals surface area contributed by atoms with Gasteiger partial charge in [0, 0.05) is 18.3 Å². The Morgan fingerprint density at radius 2 is 1.93 bits per heavy atom. The Hall–Kier alpha value is -3.24. The Morgan fingerprint density at radius 1 is 1.23 bits per heavy atom. The van der Waals surface area contributed by atoms with E-state index in [1.807, 2.05) is 6.92 Å². The van der Waals surface area contributed by atoms with Crippen LogP contribution in [0.1, 0.15) is 17.3 Å². The number of aromatic hydroxyl groups is 1. The predicted octanol–water partition coefficient (Wildman–Crippen LogP) is 3.23. The molecule has 0 atom stereocenters. The number of carbonyl (C=O) groups is 1. The second-order valence-electron chi connectivity index (χ2n) is 6.20. The summed E-state index contributed by atoms with van der Waals surface area (Å²) in [5, 5.41) is 11.8. The van der Waals surface area contributed by atoms with Gasteiger partial charge in [0.2, 0.25) is 11.8 Å². The molecule has 0 saturated carbocycles. The number of imidazole rings is 1. The second-order valence-corrected chi connectivity index (χ2v) is 8.25. The molecule has 0 fully saturated rings. The number of ether oxygens (including phenoxy) is 1. The monoisotopic (exact) mass is 450 g/mol. The van der Waals surface area contributed by atoms with Gasteiger partial charge in [-0.05, 0) is 49.4 Å². The van der Waals surface area contributed by atoms with Crippen molar-refractivity contribution in [3.63, 3.8) is 0 Å². The van der Waals surface area contributed by atoms with Gasteiger partial charge < -0.3 is 14.4 Å². The maximum Gasteiger partial charge on any atom is 0.263 e. The minimum absolute atomic E-state index is 0.0420. The van der Waals surface area contributed by atoms with Crippen LogP contribution in [0.3, 0.4) is 0 Å². The lowest BCUT2D eigenvalue weighted by Gasteiger charge is -2.12. The number of halogens is 1. The van der Waals surface area contributed by atoms with Crippen LogP contribution in [-0.4, -0.2) is 35.6 Å². The van der Waals surface area contributed by atoms with Crippen molar-refractivity contribution in [2.24, 2.45) is 7.05 Å². The van der Waals surface area contributed by atoms with Crippen LogP contribution in [-0.2, 0) is 17.1 Å². The highest BCUT2D eigenvalue weighted by Gasteiger charge is 2.21. The Labute approximate surface area is 178 Å². The largest absolute Gasteiger partial charge is 0.494 e. The van der Waals surface area contributed by atoms with E-state index < -0.39 is 15.9 Å². The third kappa shape index (κ3) is 4.84. The lowest BCUT2D eigenvalue weighted by Crippen LogP contribution is -2.17. The molecule has 0 saturated heterocycles. The molecule has 1 aromatic heterocycles. The smallest absolute Gasteiger partial charge is 0.263 e. The highest BCUT2D eigenvalue weighted by molar-refractivity contribution is 7.92. The zero-order valence-corrected chi connectivity index (χ0v) is 17.7. The van der Waals surface area contributed by atoms with E-state index >= 15 is 0 Å². The normalized spacial score (nSPS) is 11.2. The molecule has 158 valence electrons. The number of sulfonamides is 1. The molecular formula is C19H19ClN4O5S. The van der Waals surface area contributed by atoms with Gasteiger partial charge in [0.15, 0.2) is 0 Å². The number of aryl methyl sites for hydroxylation is 1. The number of carbonyl (C=O) groups excluding carboxylic acids is 1. The van der Waals surface area contributed by atoms with E-state index in [0.29, 0.717) is 18.0 Å². The summed E-state index contributed by atoms with van der Waals surface area (Å²) in [7, 11) is -2.48. The molecule has 3 N–H and O–H groups in total. The minimum Gasteiger partial charge on any atom is -0.494 e. The quantitative estimate of drug-likeness (QED) is 0.508. The molecule has 0 aliphatic rings. The van der Waals surface area contributed by atoms with Gasteiger partial charge in [0.05, 0.1) is 17.8 Å². The van der Waals surface area contributed by atoms with Crippen LogP contribution in [0, 0.1) is 0 Å². The maximum atomic E-state index is 12.8. The van der Waals surface area contributed by atoms with Crippen LogP contribution in [0.15, 0.2) is 53.6 Å². The zero-order valence-electron chi connectivity index (χ0n) is 16.1. The van der Waals surface area contributed by atoms with Gasteiger partial charge in [-0.15, -0.1) is 0 Å². The number of anilines is 2. The van der Waals surface area contributed by atoms with E-state index in [1.54, 1.807) is 31.3 Å². The maximum absolute atomic E-state index is 12.8. The molecule has 30 heavy (non-hydrogen) atoms. The van der Waals surface area contributed by atoms with Gasteiger partial charge in [0.25, 0.3) is 15.9 Å². The fourth-order valence-corrected chi connectivity index (χ4v) is 4.17. The Bertz CT molecular complexity index is 1180. The first-order chi connectivity index (χ1) is 14.2. The average molecular weight is 451 g/mol. The lowest BCUT2D eigenvalue weighted by atomic mass is 10.2. The highest BCUT2D eigenvalue weighted by atomic mass is 35.5. The number of amides is 1. The lowest BCUT2D eigenvalue weighted by molar-refractivity contribution is 0.102. The van der Waals surface area contributed by atoms with Gasteiger partial charge in [-0.25, -0.2) is 8.42 Å². The summed E-state index contributed by atoms with van der Waals surface area (Å²) in [5.74, 6) is -0.161. The number of nitrogens with zero attached hydrogens (tertiary/aromatic N) is 2. The molecule has 11 heteroatoms. The minimum atomic E-state index is -4.07. The van der Waals surface area contributed by atoms with Crippen LogP contribution in [0.25, 0.3) is 0 Å². The Balaban J connectivity index is 1.84. The van der Waals surface area contributed by atoms with E-state index in [0.717, 1.165) is 6.07 Å². The molecule has 3 rings (SSSR count). The predicted molar refractivity (Wildman–Crippen MR) is 113 cm³/mol. The molecule has 3 aromatic rings. The van der Waals surface area contributed by atoms with E-state index in [9.17, 15) is 18.3 Å². The van der Waals surface area contributed by atoms with Gasteiger partial charge in [0.1, 0.15) is 10.6 Å². The first kappa shape index (κ1) is 21.5. The fraction of sp³-hybridized carbons (Fsp3) is 0.158. The standard InChI is InChI=1S/C19H19ClN4O5S/c1-3-29-14-7-5-13(6-8-14)23-30(27,28)16-10-12(4-9-15(16)20)18(26)22-19-21-17(25)11-24(19)2/h4-11,23,25H,3H2,1-2H3,(H,21,22,26). The molecule has 0 bridgehead atoms. The first-order valence-corrected chi connectivity index (χ1v) is 10.6. The van der Waals surface area contributed by atoms with Crippen molar-refractivity contribution in [1.29, 1.82) is 0 Å². The van der Waals surface area contributed by atoms with Crippen molar-refractivity contribution < 1.29 is 23.1 Å². The highest BCUT2D eigenvalue weighted by Crippen LogP contribution is 2.26. The van der Waals surface area contributed by atoms with E-state index in [4.69, 9.17) is 16.3 Å². The number of benzene rings is 2. The van der Waals surface area contributed by atoms with Crippen LogP contribution < -0.4 is 14.8 Å². The van der Waals surface area contributed by atoms with Crippen molar-refractivity contribution in [1.82, 2.24) is 9.55 Å². The number of aromatic nitrogens is 2. The molecule has 9 nitrogen and oxygen atoms in total. The molecule has 0 radical (unpaired) electrons. The van der Waals surface area contributed by atoms with E-state index in [-0.39, 0.29) is 27.3 Å². The van der Waals surface area contributed by atoms with Crippen molar-refractivity contribution in [2.75, 3.05) is 16.6 Å². The topological polar surface area (TPSA) is 123 Å². The first-order valence-electron chi connectivity index (χ1n) is 8.78. The average Bonchev–Trinajstić information content (AvgIpc) is 3.00. The van der Waals surface area contributed by atoms with Gasteiger partial charge in [-0.1, -0.05) is 11.6 Å². The summed E-state index contributed by atoms with van der Waals surface area (Å²) in [5.41, 5.74) is 0.363. The zero-order chi connectivity index (χ0) is 21.9. The summed E-state index contributed by atoms with van der Waals surface area (Å²) in [4.78, 5) is 16.0. The van der Waals surface area contributed by atoms with E-state index in [2.05, 4.69) is 15.0 Å². The van der Waals surface area contributed by atoms with Crippen LogP contribution in [0.2, 0.25) is 5.02 Å². The van der Waals surface area contributed by atoms with Crippen molar-refractivity contribution in [3.8, 4) is 11.6 Å². The number of hydrogen-bond acceptors (Lipinski definition) is 6. The summed E-state index contributed by atoms with van der Waals surface area (Å²) in [6.45, 7) is 2.34. The molecular weight excluding hydrogens is 432 g/mol. The summed E-state index contributed by atoms with van der Waals surface area (Å²) >= 11 is 6.09.